The summed E-state index contributed by atoms with van der Waals surface area (Å²) in [5, 5.41) is 3.58. The Balaban J connectivity index is 2.42. The van der Waals surface area contributed by atoms with Gasteiger partial charge in [-0.05, 0) is 17.7 Å². The average molecular weight is 218 g/mol. The van der Waals surface area contributed by atoms with Crippen LogP contribution in [0, 0.1) is 5.82 Å². The summed E-state index contributed by atoms with van der Waals surface area (Å²) >= 11 is 5.83. The van der Waals surface area contributed by atoms with Crippen LogP contribution in [0.1, 0.15) is 5.56 Å². The molecule has 0 spiro atoms. The van der Waals surface area contributed by atoms with Crippen molar-refractivity contribution in [1.82, 2.24) is 5.32 Å². The van der Waals surface area contributed by atoms with Crippen LogP contribution in [0.5, 0.6) is 0 Å². The third-order valence-corrected chi connectivity index (χ3v) is 2.17. The van der Waals surface area contributed by atoms with Crippen molar-refractivity contribution in [2.75, 3.05) is 20.3 Å². The zero-order valence-electron chi connectivity index (χ0n) is 8.02. The van der Waals surface area contributed by atoms with Crippen molar-refractivity contribution in [3.05, 3.63) is 34.6 Å². The lowest BCUT2D eigenvalue weighted by Crippen LogP contribution is -2.18. The molecular formula is C10H13ClFNO. The number of hydrogen-bond acceptors (Lipinski definition) is 2. The van der Waals surface area contributed by atoms with Crippen LogP contribution in [0.15, 0.2) is 18.2 Å². The lowest BCUT2D eigenvalue weighted by molar-refractivity contribution is 0.199. The van der Waals surface area contributed by atoms with Gasteiger partial charge in [0.1, 0.15) is 5.82 Å². The highest BCUT2D eigenvalue weighted by atomic mass is 35.5. The number of halogens is 2. The third kappa shape index (κ3) is 3.62. The molecule has 1 N–H and O–H groups in total. The molecule has 2 nitrogen and oxygen atoms in total. The molecule has 0 amide bonds. The Morgan fingerprint density at radius 3 is 2.93 bits per heavy atom. The fourth-order valence-electron chi connectivity index (χ4n) is 1.06. The Labute approximate surface area is 88.0 Å². The molecule has 0 atom stereocenters. The molecule has 0 fully saturated rings. The minimum atomic E-state index is -0.310. The van der Waals surface area contributed by atoms with Crippen molar-refractivity contribution < 1.29 is 9.13 Å². The van der Waals surface area contributed by atoms with Crippen molar-refractivity contribution in [3.8, 4) is 0 Å². The van der Waals surface area contributed by atoms with Gasteiger partial charge in [0.05, 0.1) is 6.61 Å². The molecule has 0 aliphatic heterocycles. The van der Waals surface area contributed by atoms with Crippen molar-refractivity contribution >= 4 is 11.6 Å². The molecule has 0 unspecified atom stereocenters. The maximum Gasteiger partial charge on any atom is 0.124 e. The van der Waals surface area contributed by atoms with E-state index in [1.54, 1.807) is 13.2 Å². The first-order chi connectivity index (χ1) is 6.74. The number of rotatable bonds is 5. The number of methoxy groups -OCH3 is 1. The average Bonchev–Trinajstić information content (AvgIpc) is 2.15. The molecule has 1 aromatic rings. The zero-order valence-corrected chi connectivity index (χ0v) is 8.77. The molecule has 0 saturated heterocycles. The number of benzene rings is 1. The van der Waals surface area contributed by atoms with Crippen LogP contribution in [-0.2, 0) is 11.3 Å². The molecule has 4 heteroatoms. The molecule has 0 radical (unpaired) electrons. The summed E-state index contributed by atoms with van der Waals surface area (Å²) in [6.45, 7) is 2.03. The Morgan fingerprint density at radius 2 is 2.29 bits per heavy atom. The van der Waals surface area contributed by atoms with Gasteiger partial charge in [0.15, 0.2) is 0 Å². The molecule has 0 bridgehead atoms. The van der Waals surface area contributed by atoms with E-state index in [1.165, 1.54) is 12.1 Å². The molecule has 0 heterocycles. The summed E-state index contributed by atoms with van der Waals surface area (Å²) in [6, 6.07) is 4.39. The minimum Gasteiger partial charge on any atom is -0.383 e. The van der Waals surface area contributed by atoms with Gasteiger partial charge >= 0.3 is 0 Å². The second kappa shape index (κ2) is 5.96. The molecule has 14 heavy (non-hydrogen) atoms. The predicted octanol–water partition coefficient (Wildman–Crippen LogP) is 2.22. The molecule has 0 aliphatic rings. The Bertz CT molecular complexity index is 293. The first kappa shape index (κ1) is 11.4. The topological polar surface area (TPSA) is 21.3 Å². The van der Waals surface area contributed by atoms with E-state index in [0.29, 0.717) is 18.2 Å². The predicted molar refractivity (Wildman–Crippen MR) is 55.0 cm³/mol. The summed E-state index contributed by atoms with van der Waals surface area (Å²) in [5.74, 6) is -0.310. The van der Waals surface area contributed by atoms with Crippen LogP contribution in [0.2, 0.25) is 5.02 Å². The van der Waals surface area contributed by atoms with Gasteiger partial charge in [-0.1, -0.05) is 17.7 Å². The highest BCUT2D eigenvalue weighted by molar-refractivity contribution is 6.31. The van der Waals surface area contributed by atoms with Crippen LogP contribution < -0.4 is 5.32 Å². The standard InChI is InChI=1S/C10H13ClFNO/c1-14-5-4-13-7-8-2-3-9(12)6-10(8)11/h2-3,6,13H,4-5,7H2,1H3. The maximum atomic E-state index is 12.7. The van der Waals surface area contributed by atoms with Gasteiger partial charge < -0.3 is 10.1 Å². The van der Waals surface area contributed by atoms with Gasteiger partial charge in [0.25, 0.3) is 0 Å². The van der Waals surface area contributed by atoms with Crippen LogP contribution in [0.3, 0.4) is 0 Å². The lowest BCUT2D eigenvalue weighted by atomic mass is 10.2. The second-order valence-corrected chi connectivity index (χ2v) is 3.31. The van der Waals surface area contributed by atoms with Crippen molar-refractivity contribution in [2.45, 2.75) is 6.54 Å². The first-order valence-electron chi connectivity index (χ1n) is 4.37. The maximum absolute atomic E-state index is 12.7. The monoisotopic (exact) mass is 217 g/mol. The second-order valence-electron chi connectivity index (χ2n) is 2.91. The van der Waals surface area contributed by atoms with Gasteiger partial charge in [0, 0.05) is 25.2 Å². The third-order valence-electron chi connectivity index (χ3n) is 1.81. The largest absolute Gasteiger partial charge is 0.383 e. The highest BCUT2D eigenvalue weighted by Gasteiger charge is 2.00. The Hall–Kier alpha value is -0.640. The number of hydrogen-bond donors (Lipinski definition) is 1. The SMILES string of the molecule is COCCNCc1ccc(F)cc1Cl. The van der Waals surface area contributed by atoms with Gasteiger partial charge in [0.2, 0.25) is 0 Å². The molecule has 1 rings (SSSR count). The van der Waals surface area contributed by atoms with E-state index >= 15 is 0 Å². The smallest absolute Gasteiger partial charge is 0.124 e. The minimum absolute atomic E-state index is 0.310. The van der Waals surface area contributed by atoms with Crippen LogP contribution in [0.4, 0.5) is 4.39 Å². The molecule has 0 saturated carbocycles. The van der Waals surface area contributed by atoms with Gasteiger partial charge in [-0.3, -0.25) is 0 Å². The highest BCUT2D eigenvalue weighted by Crippen LogP contribution is 2.16. The fraction of sp³-hybridized carbons (Fsp3) is 0.400. The van der Waals surface area contributed by atoms with Crippen molar-refractivity contribution in [2.24, 2.45) is 0 Å². The van der Waals surface area contributed by atoms with E-state index in [4.69, 9.17) is 16.3 Å². The Kier molecular flexibility index (Phi) is 4.87. The van der Waals surface area contributed by atoms with Crippen LogP contribution in [-0.4, -0.2) is 20.3 Å². The van der Waals surface area contributed by atoms with E-state index in [2.05, 4.69) is 5.32 Å². The first-order valence-corrected chi connectivity index (χ1v) is 4.75. The van der Waals surface area contributed by atoms with Crippen molar-refractivity contribution in [1.29, 1.82) is 0 Å². The fourth-order valence-corrected chi connectivity index (χ4v) is 1.30. The number of ether oxygens (including phenoxy) is 1. The van der Waals surface area contributed by atoms with Gasteiger partial charge in [-0.25, -0.2) is 4.39 Å². The van der Waals surface area contributed by atoms with Crippen LogP contribution in [0.25, 0.3) is 0 Å². The quantitative estimate of drug-likeness (QED) is 0.764. The molecule has 78 valence electrons. The summed E-state index contributed by atoms with van der Waals surface area (Å²) in [5.41, 5.74) is 0.893. The summed E-state index contributed by atoms with van der Waals surface area (Å²) in [6.07, 6.45) is 0. The normalized spacial score (nSPS) is 10.5. The summed E-state index contributed by atoms with van der Waals surface area (Å²) in [4.78, 5) is 0. The molecular weight excluding hydrogens is 205 g/mol. The van der Waals surface area contributed by atoms with Gasteiger partial charge in [-0.15, -0.1) is 0 Å². The van der Waals surface area contributed by atoms with E-state index in [9.17, 15) is 4.39 Å². The molecule has 1 aromatic carbocycles. The van der Waals surface area contributed by atoms with E-state index < -0.39 is 0 Å². The summed E-state index contributed by atoms with van der Waals surface area (Å²) in [7, 11) is 1.65. The molecule has 0 aliphatic carbocycles. The van der Waals surface area contributed by atoms with E-state index in [1.807, 2.05) is 0 Å². The lowest BCUT2D eigenvalue weighted by Gasteiger charge is -2.05. The van der Waals surface area contributed by atoms with Gasteiger partial charge in [-0.2, -0.15) is 0 Å². The van der Waals surface area contributed by atoms with Crippen molar-refractivity contribution in [3.63, 3.8) is 0 Å². The summed E-state index contributed by atoms with van der Waals surface area (Å²) < 4.78 is 17.5. The van der Waals surface area contributed by atoms with Crippen LogP contribution >= 0.6 is 11.6 Å². The van der Waals surface area contributed by atoms with E-state index in [-0.39, 0.29) is 5.82 Å². The number of nitrogens with one attached hydrogen (secondary N) is 1. The zero-order chi connectivity index (χ0) is 10.4. The molecule has 0 aromatic heterocycles. The Morgan fingerprint density at radius 1 is 1.50 bits per heavy atom. The van der Waals surface area contributed by atoms with E-state index in [0.717, 1.165) is 12.1 Å².